The summed E-state index contributed by atoms with van der Waals surface area (Å²) < 4.78 is 27.5. The lowest BCUT2D eigenvalue weighted by Crippen LogP contribution is -2.45. The summed E-state index contributed by atoms with van der Waals surface area (Å²) in [4.78, 5) is 82.6. The van der Waals surface area contributed by atoms with Crippen LogP contribution in [0.5, 0.6) is 0 Å². The van der Waals surface area contributed by atoms with E-state index in [0.29, 0.717) is 12.8 Å². The SMILES string of the molecule is CCCCCCC(CCCC)C(=O)OCCCCOC(=O)[C@H](CCN=C(NC(=O)OCc1ccccc1)NC(=O)OCc1ccccc1)NC(=O)CCCOC(=O)C(CCCC)CCCCCC. The lowest BCUT2D eigenvalue weighted by molar-refractivity contribution is -0.151. The third-order valence-electron chi connectivity index (χ3n) is 11.3. The van der Waals surface area contributed by atoms with E-state index in [1.165, 1.54) is 0 Å². The number of hydrogen-bond donors (Lipinski definition) is 3. The molecule has 15 nitrogen and oxygen atoms in total. The normalized spacial score (nSPS) is 12.1. The molecule has 0 saturated carbocycles. The molecule has 3 atom stereocenters. The Morgan fingerprint density at radius 2 is 0.897 bits per heavy atom. The quantitative estimate of drug-likeness (QED) is 0.0193. The molecular weight excluding hydrogens is 869 g/mol. The second-order valence-electron chi connectivity index (χ2n) is 17.2. The first-order valence-corrected chi connectivity index (χ1v) is 25.4. The van der Waals surface area contributed by atoms with Crippen LogP contribution >= 0.6 is 0 Å². The summed E-state index contributed by atoms with van der Waals surface area (Å²) in [6.45, 7) is 8.55. The molecule has 15 heteroatoms. The highest BCUT2D eigenvalue weighted by Crippen LogP contribution is 2.21. The second-order valence-corrected chi connectivity index (χ2v) is 17.2. The minimum atomic E-state index is -1.16. The molecule has 0 heterocycles. The Balaban J connectivity index is 2.09. The molecule has 0 bridgehead atoms. The first-order valence-electron chi connectivity index (χ1n) is 25.4. The van der Waals surface area contributed by atoms with Gasteiger partial charge < -0.3 is 29.0 Å². The average Bonchev–Trinajstić information content (AvgIpc) is 3.34. The van der Waals surface area contributed by atoms with Crippen molar-refractivity contribution >= 4 is 42.0 Å². The molecule has 2 rings (SSSR count). The van der Waals surface area contributed by atoms with Gasteiger partial charge in [0.2, 0.25) is 11.9 Å². The van der Waals surface area contributed by atoms with Crippen molar-refractivity contribution in [2.75, 3.05) is 26.4 Å². The van der Waals surface area contributed by atoms with E-state index in [0.717, 1.165) is 114 Å². The summed E-state index contributed by atoms with van der Waals surface area (Å²) in [7, 11) is 0. The predicted molar refractivity (Wildman–Crippen MR) is 263 cm³/mol. The zero-order chi connectivity index (χ0) is 49.5. The van der Waals surface area contributed by atoms with Gasteiger partial charge in [-0.3, -0.25) is 30.0 Å². The standard InChI is InChI=1S/C53H82N4O11/c1-5-9-13-21-32-44(30-11-7-3)48(59)64-37-23-24-38-66-50(61)46(55-47(58)34-25-39-65-49(60)45(31-12-8-4)33-22-14-10-6-2)35-36-54-51(56-52(62)67-40-42-26-17-15-18-27-42)57-53(63)68-41-43-28-19-16-20-29-43/h15-20,26-29,44-46H,5-14,21-25,30-41H2,1-4H3,(H,55,58)(H2,54,56,57,62,63)/t44?,45?,46-/m0/s1. The predicted octanol–water partition coefficient (Wildman–Crippen LogP) is 10.8. The van der Waals surface area contributed by atoms with E-state index < -0.39 is 30.1 Å². The van der Waals surface area contributed by atoms with Gasteiger partial charge in [-0.15, -0.1) is 0 Å². The van der Waals surface area contributed by atoms with Gasteiger partial charge in [0.15, 0.2) is 0 Å². The summed E-state index contributed by atoms with van der Waals surface area (Å²) in [5, 5.41) is 7.59. The fourth-order valence-corrected chi connectivity index (χ4v) is 7.23. The van der Waals surface area contributed by atoms with Gasteiger partial charge in [-0.1, -0.05) is 165 Å². The van der Waals surface area contributed by atoms with Gasteiger partial charge in [0.1, 0.15) is 19.3 Å². The third kappa shape index (κ3) is 28.6. The van der Waals surface area contributed by atoms with Crippen molar-refractivity contribution in [3.05, 3.63) is 71.8 Å². The number of nitrogens with one attached hydrogen (secondary N) is 3. The first-order chi connectivity index (χ1) is 33.1. The van der Waals surface area contributed by atoms with E-state index in [-0.39, 0.29) is 88.6 Å². The summed E-state index contributed by atoms with van der Waals surface area (Å²) >= 11 is 0. The number of unbranched alkanes of at least 4 members (excludes halogenated alkanes) is 9. The highest BCUT2D eigenvalue weighted by atomic mass is 16.6. The van der Waals surface area contributed by atoms with Crippen LogP contribution in [0.3, 0.4) is 0 Å². The number of alkyl carbamates (subject to hydrolysis) is 2. The number of esters is 3. The van der Waals surface area contributed by atoms with Gasteiger partial charge in [-0.2, -0.15) is 0 Å². The van der Waals surface area contributed by atoms with Crippen molar-refractivity contribution in [3.63, 3.8) is 0 Å². The molecule has 2 aromatic rings. The Kier molecular flexibility index (Phi) is 33.2. The molecule has 0 radical (unpaired) electrons. The molecule has 0 aliphatic heterocycles. The van der Waals surface area contributed by atoms with Crippen LogP contribution in [-0.4, -0.2) is 74.4 Å². The second kappa shape index (κ2) is 38.5. The summed E-state index contributed by atoms with van der Waals surface area (Å²) in [5.74, 6) is -2.17. The maximum atomic E-state index is 13.5. The lowest BCUT2D eigenvalue weighted by atomic mass is 9.95. The number of carbonyl (C=O) groups is 6. The molecule has 380 valence electrons. The molecule has 0 saturated heterocycles. The number of guanidine groups is 1. The zero-order valence-corrected chi connectivity index (χ0v) is 41.5. The van der Waals surface area contributed by atoms with Gasteiger partial charge in [0, 0.05) is 13.0 Å². The Morgan fingerprint density at radius 1 is 0.471 bits per heavy atom. The molecule has 2 unspecified atom stereocenters. The molecule has 0 spiro atoms. The Labute approximate surface area is 406 Å². The number of nitrogens with zero attached hydrogens (tertiary/aromatic N) is 1. The number of benzene rings is 2. The van der Waals surface area contributed by atoms with E-state index in [2.05, 4.69) is 48.6 Å². The molecule has 0 fully saturated rings. The number of amides is 3. The van der Waals surface area contributed by atoms with Gasteiger partial charge >= 0.3 is 30.1 Å². The van der Waals surface area contributed by atoms with Crippen LogP contribution in [-0.2, 0) is 56.1 Å². The average molecular weight is 951 g/mol. The van der Waals surface area contributed by atoms with E-state index in [4.69, 9.17) is 23.7 Å². The monoisotopic (exact) mass is 951 g/mol. The Bertz CT molecular complexity index is 1670. The lowest BCUT2D eigenvalue weighted by Gasteiger charge is -2.18. The highest BCUT2D eigenvalue weighted by Gasteiger charge is 2.24. The zero-order valence-electron chi connectivity index (χ0n) is 41.5. The molecule has 68 heavy (non-hydrogen) atoms. The number of ether oxygens (including phenoxy) is 5. The van der Waals surface area contributed by atoms with Crippen LogP contribution in [0.4, 0.5) is 9.59 Å². The van der Waals surface area contributed by atoms with E-state index in [1.807, 2.05) is 12.1 Å². The molecular formula is C53H82N4O11. The molecule has 2 aromatic carbocycles. The summed E-state index contributed by atoms with van der Waals surface area (Å²) in [6.07, 6.45) is 15.0. The van der Waals surface area contributed by atoms with Gasteiger partial charge in [-0.25, -0.2) is 14.4 Å². The molecule has 3 N–H and O–H groups in total. The number of hydrogen-bond acceptors (Lipinski definition) is 12. The van der Waals surface area contributed by atoms with Crippen molar-refractivity contribution in [2.45, 2.75) is 182 Å². The van der Waals surface area contributed by atoms with Gasteiger partial charge in [0.25, 0.3) is 0 Å². The number of carbonyl (C=O) groups excluding carboxylic acids is 6. The molecule has 0 aromatic heterocycles. The first kappa shape index (κ1) is 58.7. The largest absolute Gasteiger partial charge is 0.465 e. The van der Waals surface area contributed by atoms with Crippen LogP contribution in [0, 0.1) is 11.8 Å². The number of aliphatic imine (C=N–C) groups is 1. The van der Waals surface area contributed by atoms with Crippen LogP contribution in [0.25, 0.3) is 0 Å². The van der Waals surface area contributed by atoms with Crippen molar-refractivity contribution in [1.29, 1.82) is 0 Å². The smallest absolute Gasteiger partial charge is 0.414 e. The summed E-state index contributed by atoms with van der Waals surface area (Å²) in [6, 6.07) is 16.9. The van der Waals surface area contributed by atoms with Crippen LogP contribution in [0.2, 0.25) is 0 Å². The van der Waals surface area contributed by atoms with Crippen molar-refractivity contribution in [1.82, 2.24) is 16.0 Å². The fraction of sp³-hybridized carbons (Fsp3) is 0.642. The van der Waals surface area contributed by atoms with Crippen LogP contribution < -0.4 is 16.0 Å². The number of rotatable bonds is 36. The van der Waals surface area contributed by atoms with E-state index in [9.17, 15) is 28.8 Å². The van der Waals surface area contributed by atoms with E-state index in [1.54, 1.807) is 48.5 Å². The molecule has 0 aliphatic carbocycles. The maximum Gasteiger partial charge on any atom is 0.414 e. The molecule has 0 aliphatic rings. The van der Waals surface area contributed by atoms with Gasteiger partial charge in [-0.05, 0) is 62.5 Å². The van der Waals surface area contributed by atoms with Crippen LogP contribution in [0.15, 0.2) is 65.7 Å². The van der Waals surface area contributed by atoms with Gasteiger partial charge in [0.05, 0.1) is 31.7 Å². The maximum absolute atomic E-state index is 13.5. The van der Waals surface area contributed by atoms with E-state index >= 15 is 0 Å². The fourth-order valence-electron chi connectivity index (χ4n) is 7.23. The highest BCUT2D eigenvalue weighted by molar-refractivity contribution is 6.01. The molecule has 3 amide bonds. The minimum Gasteiger partial charge on any atom is -0.465 e. The summed E-state index contributed by atoms with van der Waals surface area (Å²) in [5.41, 5.74) is 1.48. The van der Waals surface area contributed by atoms with Crippen LogP contribution in [0.1, 0.15) is 174 Å². The Hall–Kier alpha value is -5.47. The van der Waals surface area contributed by atoms with Crippen molar-refractivity contribution in [2.24, 2.45) is 16.8 Å². The Morgan fingerprint density at radius 3 is 1.35 bits per heavy atom. The van der Waals surface area contributed by atoms with Crippen molar-refractivity contribution in [3.8, 4) is 0 Å². The minimum absolute atomic E-state index is 0.0186. The third-order valence-corrected chi connectivity index (χ3v) is 11.3. The topological polar surface area (TPSA) is 197 Å². The van der Waals surface area contributed by atoms with Crippen molar-refractivity contribution < 1.29 is 52.5 Å².